The highest BCUT2D eigenvalue weighted by Crippen LogP contribution is 2.28. The van der Waals surface area contributed by atoms with Gasteiger partial charge in [0.25, 0.3) is 0 Å². The van der Waals surface area contributed by atoms with Crippen LogP contribution in [0.15, 0.2) is 18.2 Å². The van der Waals surface area contributed by atoms with Crippen molar-refractivity contribution < 1.29 is 4.39 Å². The molecular formula is C15H23FN2. The van der Waals surface area contributed by atoms with E-state index in [0.29, 0.717) is 11.7 Å². The Morgan fingerprint density at radius 3 is 2.50 bits per heavy atom. The fraction of sp³-hybridized carbons (Fsp3) is 0.600. The molecule has 1 aromatic rings. The van der Waals surface area contributed by atoms with Gasteiger partial charge < -0.3 is 10.6 Å². The molecule has 1 saturated carbocycles. The second kappa shape index (κ2) is 5.70. The Labute approximate surface area is 109 Å². The summed E-state index contributed by atoms with van der Waals surface area (Å²) in [6, 6.07) is 5.73. The number of rotatable bonds is 3. The topological polar surface area (TPSA) is 29.3 Å². The number of nitrogens with two attached hydrogens (primary N) is 1. The van der Waals surface area contributed by atoms with E-state index in [0.717, 1.165) is 5.56 Å². The van der Waals surface area contributed by atoms with Crippen LogP contribution in [0, 0.1) is 5.82 Å². The zero-order valence-corrected chi connectivity index (χ0v) is 11.3. The van der Waals surface area contributed by atoms with Crippen LogP contribution in [0.2, 0.25) is 0 Å². The second-order valence-electron chi connectivity index (χ2n) is 5.40. The van der Waals surface area contributed by atoms with Crippen molar-refractivity contribution in [1.82, 2.24) is 0 Å². The maximum Gasteiger partial charge on any atom is 0.146 e. The van der Waals surface area contributed by atoms with Crippen molar-refractivity contribution in [2.45, 2.75) is 51.1 Å². The third-order valence-electron chi connectivity index (χ3n) is 4.00. The molecule has 1 atom stereocenters. The summed E-state index contributed by atoms with van der Waals surface area (Å²) < 4.78 is 14.1. The van der Waals surface area contributed by atoms with Crippen molar-refractivity contribution in [1.29, 1.82) is 0 Å². The highest BCUT2D eigenvalue weighted by Gasteiger charge is 2.20. The molecule has 0 saturated heterocycles. The number of hydrogen-bond donors (Lipinski definition) is 1. The van der Waals surface area contributed by atoms with E-state index >= 15 is 0 Å². The quantitative estimate of drug-likeness (QED) is 0.888. The summed E-state index contributed by atoms with van der Waals surface area (Å²) in [7, 11) is 2.00. The molecule has 2 nitrogen and oxygen atoms in total. The summed E-state index contributed by atoms with van der Waals surface area (Å²) in [5, 5.41) is 0. The Hall–Kier alpha value is -1.09. The lowest BCUT2D eigenvalue weighted by Crippen LogP contribution is -2.33. The Morgan fingerprint density at radius 2 is 1.94 bits per heavy atom. The van der Waals surface area contributed by atoms with Gasteiger partial charge in [-0.15, -0.1) is 0 Å². The van der Waals surface area contributed by atoms with Crippen molar-refractivity contribution in [3.8, 4) is 0 Å². The molecule has 0 heterocycles. The van der Waals surface area contributed by atoms with Gasteiger partial charge in [-0.05, 0) is 37.5 Å². The van der Waals surface area contributed by atoms with E-state index in [9.17, 15) is 4.39 Å². The maximum atomic E-state index is 14.1. The maximum absolute atomic E-state index is 14.1. The molecule has 100 valence electrons. The molecular weight excluding hydrogens is 227 g/mol. The van der Waals surface area contributed by atoms with E-state index in [-0.39, 0.29) is 11.9 Å². The van der Waals surface area contributed by atoms with Crippen LogP contribution in [-0.2, 0) is 0 Å². The number of anilines is 1. The molecule has 2 rings (SSSR count). The van der Waals surface area contributed by atoms with Gasteiger partial charge in [0.2, 0.25) is 0 Å². The highest BCUT2D eigenvalue weighted by molar-refractivity contribution is 5.49. The van der Waals surface area contributed by atoms with Crippen LogP contribution >= 0.6 is 0 Å². The Bertz CT molecular complexity index is 397. The van der Waals surface area contributed by atoms with Crippen molar-refractivity contribution in [2.75, 3.05) is 11.9 Å². The van der Waals surface area contributed by atoms with Crippen LogP contribution < -0.4 is 10.6 Å². The van der Waals surface area contributed by atoms with Crippen LogP contribution in [0.1, 0.15) is 50.6 Å². The van der Waals surface area contributed by atoms with Gasteiger partial charge >= 0.3 is 0 Å². The molecule has 0 unspecified atom stereocenters. The SMILES string of the molecule is C[C@@H](N)c1ccc(N(C)C2CCCCC2)c(F)c1. The van der Waals surface area contributed by atoms with E-state index < -0.39 is 0 Å². The largest absolute Gasteiger partial charge is 0.369 e. The van der Waals surface area contributed by atoms with Crippen LogP contribution in [-0.4, -0.2) is 13.1 Å². The molecule has 1 aliphatic rings. The first-order chi connectivity index (χ1) is 8.59. The normalized spacial score (nSPS) is 18.7. The van der Waals surface area contributed by atoms with Crippen LogP contribution in [0.4, 0.5) is 10.1 Å². The van der Waals surface area contributed by atoms with Gasteiger partial charge in [-0.25, -0.2) is 4.39 Å². The molecule has 3 heteroatoms. The fourth-order valence-corrected chi connectivity index (χ4v) is 2.76. The standard InChI is InChI=1S/C15H23FN2/c1-11(17)12-8-9-15(14(16)10-12)18(2)13-6-4-3-5-7-13/h8-11,13H,3-7,17H2,1-2H3/t11-/m1/s1. The lowest BCUT2D eigenvalue weighted by molar-refractivity contribution is 0.424. The van der Waals surface area contributed by atoms with Gasteiger partial charge in [0.05, 0.1) is 5.69 Å². The molecule has 2 N–H and O–H groups in total. The number of hydrogen-bond acceptors (Lipinski definition) is 2. The summed E-state index contributed by atoms with van der Waals surface area (Å²) in [6.07, 6.45) is 6.18. The van der Waals surface area contributed by atoms with Crippen molar-refractivity contribution in [3.05, 3.63) is 29.6 Å². The second-order valence-corrected chi connectivity index (χ2v) is 5.40. The first kappa shape index (κ1) is 13.3. The number of benzene rings is 1. The Balaban J connectivity index is 2.16. The Kier molecular flexibility index (Phi) is 4.23. The minimum Gasteiger partial charge on any atom is -0.369 e. The minimum atomic E-state index is -0.155. The number of nitrogens with zero attached hydrogens (tertiary/aromatic N) is 1. The van der Waals surface area contributed by atoms with E-state index in [4.69, 9.17) is 5.73 Å². The van der Waals surface area contributed by atoms with Gasteiger partial charge in [0, 0.05) is 19.1 Å². The first-order valence-corrected chi connectivity index (χ1v) is 6.87. The molecule has 0 aliphatic heterocycles. The highest BCUT2D eigenvalue weighted by atomic mass is 19.1. The average Bonchev–Trinajstić information content (AvgIpc) is 2.38. The third kappa shape index (κ3) is 2.83. The lowest BCUT2D eigenvalue weighted by Gasteiger charge is -2.33. The van der Waals surface area contributed by atoms with Gasteiger partial charge in [-0.1, -0.05) is 25.3 Å². The molecule has 18 heavy (non-hydrogen) atoms. The van der Waals surface area contributed by atoms with Gasteiger partial charge in [-0.2, -0.15) is 0 Å². The van der Waals surface area contributed by atoms with Gasteiger partial charge in [0.1, 0.15) is 5.82 Å². The van der Waals surface area contributed by atoms with Crippen LogP contribution in [0.3, 0.4) is 0 Å². The summed E-state index contributed by atoms with van der Waals surface area (Å²) in [6.45, 7) is 1.87. The van der Waals surface area contributed by atoms with Crippen LogP contribution in [0.25, 0.3) is 0 Å². The minimum absolute atomic E-state index is 0.117. The zero-order chi connectivity index (χ0) is 13.1. The average molecular weight is 250 g/mol. The molecule has 0 spiro atoms. The molecule has 0 amide bonds. The molecule has 1 aliphatic carbocycles. The Morgan fingerprint density at radius 1 is 1.28 bits per heavy atom. The van der Waals surface area contributed by atoms with Crippen molar-refractivity contribution >= 4 is 5.69 Å². The smallest absolute Gasteiger partial charge is 0.146 e. The van der Waals surface area contributed by atoms with E-state index in [2.05, 4.69) is 4.90 Å². The summed E-state index contributed by atoms with van der Waals surface area (Å²) in [5.41, 5.74) is 7.33. The van der Waals surface area contributed by atoms with E-state index in [1.807, 2.05) is 26.1 Å². The van der Waals surface area contributed by atoms with Crippen LogP contribution in [0.5, 0.6) is 0 Å². The summed E-state index contributed by atoms with van der Waals surface area (Å²) >= 11 is 0. The third-order valence-corrected chi connectivity index (χ3v) is 4.00. The predicted octanol–water partition coefficient (Wildman–Crippen LogP) is 3.61. The molecule has 0 radical (unpaired) electrons. The zero-order valence-electron chi connectivity index (χ0n) is 11.3. The predicted molar refractivity (Wildman–Crippen MR) is 74.3 cm³/mol. The lowest BCUT2D eigenvalue weighted by atomic mass is 9.94. The van der Waals surface area contributed by atoms with Crippen molar-refractivity contribution in [2.24, 2.45) is 5.73 Å². The molecule has 1 fully saturated rings. The van der Waals surface area contributed by atoms with E-state index in [1.54, 1.807) is 6.07 Å². The molecule has 0 bridgehead atoms. The molecule has 1 aromatic carbocycles. The van der Waals surface area contributed by atoms with Gasteiger partial charge in [0.15, 0.2) is 0 Å². The van der Waals surface area contributed by atoms with E-state index in [1.165, 1.54) is 32.1 Å². The number of halogens is 1. The van der Waals surface area contributed by atoms with Gasteiger partial charge in [-0.3, -0.25) is 0 Å². The fourth-order valence-electron chi connectivity index (χ4n) is 2.76. The molecule has 0 aromatic heterocycles. The first-order valence-electron chi connectivity index (χ1n) is 6.87. The summed E-state index contributed by atoms with van der Waals surface area (Å²) in [5.74, 6) is -0.155. The summed E-state index contributed by atoms with van der Waals surface area (Å²) in [4.78, 5) is 2.10. The van der Waals surface area contributed by atoms with Crippen molar-refractivity contribution in [3.63, 3.8) is 0 Å². The monoisotopic (exact) mass is 250 g/mol.